The molecule has 0 unspecified atom stereocenters. The Kier molecular flexibility index (Phi) is 2.40. The molecule has 0 saturated carbocycles. The molecule has 0 radical (unpaired) electrons. The van der Waals surface area contributed by atoms with Crippen LogP contribution in [0, 0.1) is 13.8 Å². The molecule has 0 spiro atoms. The van der Waals surface area contributed by atoms with Crippen LogP contribution < -0.4 is 0 Å². The van der Waals surface area contributed by atoms with Crippen molar-refractivity contribution in [2.24, 2.45) is 0 Å². The van der Waals surface area contributed by atoms with Gasteiger partial charge in [0.05, 0.1) is 11.2 Å². The molecule has 5 nitrogen and oxygen atoms in total. The Hall–Kier alpha value is -2.17. The van der Waals surface area contributed by atoms with E-state index in [9.17, 15) is 0 Å². The van der Waals surface area contributed by atoms with E-state index in [1.807, 2.05) is 30.8 Å². The smallest absolute Gasteiger partial charge is 0.178 e. The van der Waals surface area contributed by atoms with Crippen molar-refractivity contribution in [3.05, 3.63) is 29.6 Å². The van der Waals surface area contributed by atoms with Crippen LogP contribution in [-0.2, 0) is 6.54 Å². The van der Waals surface area contributed by atoms with E-state index in [1.54, 1.807) is 0 Å². The van der Waals surface area contributed by atoms with Gasteiger partial charge in [0.1, 0.15) is 5.69 Å². The zero-order chi connectivity index (χ0) is 12.7. The highest BCUT2D eigenvalue weighted by Gasteiger charge is 2.11. The molecule has 3 heterocycles. The van der Waals surface area contributed by atoms with E-state index in [0.717, 1.165) is 40.5 Å². The second kappa shape index (κ2) is 3.94. The van der Waals surface area contributed by atoms with Gasteiger partial charge >= 0.3 is 0 Å². The van der Waals surface area contributed by atoms with Gasteiger partial charge in [-0.1, -0.05) is 0 Å². The van der Waals surface area contributed by atoms with Crippen LogP contribution in [0.3, 0.4) is 0 Å². The molecule has 18 heavy (non-hydrogen) atoms. The molecule has 0 aliphatic carbocycles. The minimum Gasteiger partial charge on any atom is -0.335 e. The molecule has 0 bridgehead atoms. The summed E-state index contributed by atoms with van der Waals surface area (Å²) in [5.74, 6) is 0.825. The number of pyridine rings is 1. The molecule has 0 saturated heterocycles. The van der Waals surface area contributed by atoms with Gasteiger partial charge in [-0.3, -0.25) is 4.68 Å². The summed E-state index contributed by atoms with van der Waals surface area (Å²) in [5.41, 5.74) is 4.84. The highest BCUT2D eigenvalue weighted by molar-refractivity contribution is 5.75. The number of hydrogen-bond acceptors (Lipinski definition) is 3. The minimum absolute atomic E-state index is 0.747. The Morgan fingerprint density at radius 2 is 2.11 bits per heavy atom. The predicted octanol–water partition coefficient (Wildman–Crippen LogP) is 2.46. The second-order valence-electron chi connectivity index (χ2n) is 4.46. The van der Waals surface area contributed by atoms with Gasteiger partial charge in [-0.15, -0.1) is 0 Å². The molecule has 0 aliphatic heterocycles. The first-order valence-electron chi connectivity index (χ1n) is 6.04. The van der Waals surface area contributed by atoms with Crippen LogP contribution in [0.1, 0.15) is 18.2 Å². The van der Waals surface area contributed by atoms with Crippen molar-refractivity contribution in [3.8, 4) is 11.5 Å². The Bertz CT molecular complexity index is 707. The SMILES string of the molecule is CCn1nc(C)cc1-c1nc2ncc(C)cc2[nH]1. The van der Waals surface area contributed by atoms with Crippen molar-refractivity contribution >= 4 is 11.2 Å². The predicted molar refractivity (Wildman–Crippen MR) is 70.3 cm³/mol. The highest BCUT2D eigenvalue weighted by Crippen LogP contribution is 2.20. The Balaban J connectivity index is 2.18. The third kappa shape index (κ3) is 1.68. The highest BCUT2D eigenvalue weighted by atomic mass is 15.3. The van der Waals surface area contributed by atoms with Gasteiger partial charge in [0.25, 0.3) is 0 Å². The van der Waals surface area contributed by atoms with Crippen LogP contribution in [-0.4, -0.2) is 24.7 Å². The third-order valence-electron chi connectivity index (χ3n) is 2.92. The van der Waals surface area contributed by atoms with Gasteiger partial charge in [0.2, 0.25) is 0 Å². The lowest BCUT2D eigenvalue weighted by molar-refractivity contribution is 0.658. The topological polar surface area (TPSA) is 59.4 Å². The molecule has 0 fully saturated rings. The normalized spacial score (nSPS) is 11.3. The maximum Gasteiger partial charge on any atom is 0.178 e. The number of aromatic nitrogens is 5. The number of nitrogens with one attached hydrogen (secondary N) is 1. The fourth-order valence-corrected chi connectivity index (χ4v) is 2.10. The van der Waals surface area contributed by atoms with Crippen LogP contribution >= 0.6 is 0 Å². The van der Waals surface area contributed by atoms with Gasteiger partial charge in [0.15, 0.2) is 11.5 Å². The summed E-state index contributed by atoms with van der Waals surface area (Å²) >= 11 is 0. The molecular formula is C13H15N5. The summed E-state index contributed by atoms with van der Waals surface area (Å²) in [7, 11) is 0. The summed E-state index contributed by atoms with van der Waals surface area (Å²) < 4.78 is 1.94. The van der Waals surface area contributed by atoms with E-state index < -0.39 is 0 Å². The lowest BCUT2D eigenvalue weighted by Crippen LogP contribution is -1.99. The molecule has 3 aromatic heterocycles. The molecule has 92 valence electrons. The maximum atomic E-state index is 4.52. The van der Waals surface area contributed by atoms with E-state index in [-0.39, 0.29) is 0 Å². The Morgan fingerprint density at radius 1 is 1.28 bits per heavy atom. The number of nitrogens with zero attached hydrogens (tertiary/aromatic N) is 4. The van der Waals surface area contributed by atoms with Crippen molar-refractivity contribution < 1.29 is 0 Å². The van der Waals surface area contributed by atoms with E-state index in [4.69, 9.17) is 0 Å². The van der Waals surface area contributed by atoms with Crippen molar-refractivity contribution in [3.63, 3.8) is 0 Å². The monoisotopic (exact) mass is 241 g/mol. The third-order valence-corrected chi connectivity index (χ3v) is 2.92. The molecule has 0 atom stereocenters. The largest absolute Gasteiger partial charge is 0.335 e. The summed E-state index contributed by atoms with van der Waals surface area (Å²) in [5, 5.41) is 4.43. The first-order chi connectivity index (χ1) is 8.67. The standard InChI is InChI=1S/C13H15N5/c1-4-18-11(6-9(3)17-18)13-15-10-5-8(2)7-14-12(10)16-13/h5-7H,4H2,1-3H3,(H,14,15,16). The minimum atomic E-state index is 0.747. The van der Waals surface area contributed by atoms with Gasteiger partial charge in [-0.05, 0) is 38.5 Å². The van der Waals surface area contributed by atoms with Crippen LogP contribution in [0.15, 0.2) is 18.3 Å². The lowest BCUT2D eigenvalue weighted by Gasteiger charge is -1.99. The quantitative estimate of drug-likeness (QED) is 0.749. The molecule has 3 aromatic rings. The Labute approximate surface area is 105 Å². The van der Waals surface area contributed by atoms with Crippen molar-refractivity contribution in [2.45, 2.75) is 27.3 Å². The van der Waals surface area contributed by atoms with Crippen molar-refractivity contribution in [2.75, 3.05) is 0 Å². The number of rotatable bonds is 2. The zero-order valence-electron chi connectivity index (χ0n) is 10.7. The number of aryl methyl sites for hydroxylation is 3. The second-order valence-corrected chi connectivity index (χ2v) is 4.46. The summed E-state index contributed by atoms with van der Waals surface area (Å²) in [6.45, 7) is 6.90. The molecule has 5 heteroatoms. The maximum absolute atomic E-state index is 4.52. The number of H-pyrrole nitrogens is 1. The van der Waals surface area contributed by atoms with Crippen LogP contribution in [0.2, 0.25) is 0 Å². The number of fused-ring (bicyclic) bond motifs is 1. The molecule has 0 aliphatic rings. The van der Waals surface area contributed by atoms with Gasteiger partial charge in [0, 0.05) is 12.7 Å². The lowest BCUT2D eigenvalue weighted by atomic mass is 10.3. The average Bonchev–Trinajstić information content (AvgIpc) is 2.91. The summed E-state index contributed by atoms with van der Waals surface area (Å²) in [4.78, 5) is 12.1. The van der Waals surface area contributed by atoms with Crippen LogP contribution in [0.5, 0.6) is 0 Å². The van der Waals surface area contributed by atoms with E-state index >= 15 is 0 Å². The van der Waals surface area contributed by atoms with Crippen molar-refractivity contribution in [1.82, 2.24) is 24.7 Å². The molecular weight excluding hydrogens is 226 g/mol. The molecule has 3 rings (SSSR count). The average molecular weight is 241 g/mol. The molecule has 0 amide bonds. The van der Waals surface area contributed by atoms with E-state index in [0.29, 0.717) is 0 Å². The molecule has 1 N–H and O–H groups in total. The number of aromatic amines is 1. The van der Waals surface area contributed by atoms with Gasteiger partial charge in [-0.2, -0.15) is 5.10 Å². The molecule has 0 aromatic carbocycles. The fraction of sp³-hybridized carbons (Fsp3) is 0.308. The summed E-state index contributed by atoms with van der Waals surface area (Å²) in [6, 6.07) is 4.09. The van der Waals surface area contributed by atoms with E-state index in [1.165, 1.54) is 0 Å². The summed E-state index contributed by atoms with van der Waals surface area (Å²) in [6.07, 6.45) is 1.83. The Morgan fingerprint density at radius 3 is 2.89 bits per heavy atom. The van der Waals surface area contributed by atoms with Crippen molar-refractivity contribution in [1.29, 1.82) is 0 Å². The van der Waals surface area contributed by atoms with Crippen LogP contribution in [0.25, 0.3) is 22.7 Å². The first kappa shape index (κ1) is 11.0. The van der Waals surface area contributed by atoms with Gasteiger partial charge < -0.3 is 4.98 Å². The zero-order valence-corrected chi connectivity index (χ0v) is 10.7. The number of imidazole rings is 1. The number of hydrogen-bond donors (Lipinski definition) is 1. The van der Waals surface area contributed by atoms with Gasteiger partial charge in [-0.25, -0.2) is 9.97 Å². The van der Waals surface area contributed by atoms with Crippen LogP contribution in [0.4, 0.5) is 0 Å². The fourth-order valence-electron chi connectivity index (χ4n) is 2.10. The first-order valence-corrected chi connectivity index (χ1v) is 6.04. The van der Waals surface area contributed by atoms with E-state index in [2.05, 4.69) is 33.0 Å².